The number of anilines is 1. The van der Waals surface area contributed by atoms with Gasteiger partial charge in [-0.25, -0.2) is 0 Å². The summed E-state index contributed by atoms with van der Waals surface area (Å²) in [5.41, 5.74) is 8.25. The van der Waals surface area contributed by atoms with E-state index in [0.717, 1.165) is 46.7 Å². The van der Waals surface area contributed by atoms with Crippen molar-refractivity contribution in [2.45, 2.75) is 149 Å². The van der Waals surface area contributed by atoms with Crippen LogP contribution in [0.15, 0.2) is 53.3 Å². The van der Waals surface area contributed by atoms with Gasteiger partial charge in [-0.05, 0) is 45.7 Å². The zero-order valence-corrected chi connectivity index (χ0v) is 35.6. The van der Waals surface area contributed by atoms with Crippen molar-refractivity contribution in [2.75, 3.05) is 18.4 Å². The van der Waals surface area contributed by atoms with Crippen molar-refractivity contribution in [1.29, 1.82) is 0 Å². The monoisotopic (exact) mass is 759 g/mol. The molecule has 3 atom stereocenters. The molecule has 1 saturated carbocycles. The zero-order chi connectivity index (χ0) is 38.2. The van der Waals surface area contributed by atoms with E-state index in [1.54, 1.807) is 0 Å². The summed E-state index contributed by atoms with van der Waals surface area (Å²) < 4.78 is 0. The summed E-state index contributed by atoms with van der Waals surface area (Å²) in [5, 5.41) is 29.0. The molecular formula is C46H64MnN4O2-2. The fourth-order valence-electron chi connectivity index (χ4n) is 7.65. The number of piperidine rings is 1. The van der Waals surface area contributed by atoms with Gasteiger partial charge in [0.1, 0.15) is 5.75 Å². The molecule has 2 N–H and O–H groups in total. The van der Waals surface area contributed by atoms with Crippen LogP contribution in [-0.2, 0) is 38.7 Å². The second kappa shape index (κ2) is 16.3. The molecule has 3 unspecified atom stereocenters. The maximum Gasteiger partial charge on any atom is 2.00 e. The van der Waals surface area contributed by atoms with Crippen LogP contribution in [-0.4, -0.2) is 30.3 Å². The van der Waals surface area contributed by atoms with Gasteiger partial charge < -0.3 is 31.2 Å². The first kappa shape index (κ1) is 42.6. The minimum Gasteiger partial charge on any atom is -0.682 e. The van der Waals surface area contributed by atoms with Crippen LogP contribution in [0, 0.1) is 5.92 Å². The van der Waals surface area contributed by atoms with E-state index in [9.17, 15) is 9.90 Å². The molecular weight excluding hydrogens is 695 g/mol. The Kier molecular flexibility index (Phi) is 13.1. The van der Waals surface area contributed by atoms with E-state index >= 15 is 0 Å². The van der Waals surface area contributed by atoms with Crippen LogP contribution in [0.2, 0.25) is 0 Å². The number of rotatable bonds is 4. The van der Waals surface area contributed by atoms with Crippen molar-refractivity contribution in [1.82, 2.24) is 0 Å². The Bertz CT molecular complexity index is 1810. The van der Waals surface area contributed by atoms with Crippen molar-refractivity contribution < 1.29 is 22.2 Å². The first-order valence-electron chi connectivity index (χ1n) is 19.5. The minimum atomic E-state index is -0.168. The third-order valence-corrected chi connectivity index (χ3v) is 10.9. The minimum absolute atomic E-state index is 0. The fourth-order valence-corrected chi connectivity index (χ4v) is 7.65. The normalized spacial score (nSPS) is 20.1. The van der Waals surface area contributed by atoms with Crippen LogP contribution in [0.25, 0.3) is 22.0 Å². The molecule has 0 amide bonds. The van der Waals surface area contributed by atoms with Gasteiger partial charge >= 0.3 is 17.1 Å². The number of nitrogens with zero attached hydrogens (tertiary/aromatic N) is 3. The maximum atomic E-state index is 13.2. The largest absolute Gasteiger partial charge is 2.00 e. The smallest absolute Gasteiger partial charge is 0.682 e. The molecule has 7 heteroatoms. The number of hydrogen-bond acceptors (Lipinski definition) is 3. The molecule has 3 aromatic carbocycles. The van der Waals surface area contributed by atoms with Crippen LogP contribution in [0.5, 0.6) is 5.75 Å². The third kappa shape index (κ3) is 10.1. The Labute approximate surface area is 331 Å². The maximum absolute atomic E-state index is 13.2. The molecule has 1 radical (unpaired) electrons. The van der Waals surface area contributed by atoms with Gasteiger partial charge in [0, 0.05) is 0 Å². The van der Waals surface area contributed by atoms with E-state index in [1.807, 2.05) is 30.3 Å². The predicted octanol–water partition coefficient (Wildman–Crippen LogP) is 12.8. The summed E-state index contributed by atoms with van der Waals surface area (Å²) in [6.45, 7) is 27.6. The number of phenols is 1. The molecule has 3 aliphatic rings. The number of phenolic OH excluding ortho intramolecular Hbond substituents is 1. The second-order valence-corrected chi connectivity index (χ2v) is 19.3. The average Bonchev–Trinajstić information content (AvgIpc) is 3.05. The van der Waals surface area contributed by atoms with E-state index in [1.165, 1.54) is 36.8 Å². The number of benzene rings is 3. The quantitative estimate of drug-likeness (QED) is 0.205. The summed E-state index contributed by atoms with van der Waals surface area (Å²) in [6.07, 6.45) is 10.3. The van der Waals surface area contributed by atoms with E-state index in [0.29, 0.717) is 30.2 Å². The summed E-state index contributed by atoms with van der Waals surface area (Å²) in [4.78, 5) is 13.2. The van der Waals surface area contributed by atoms with Gasteiger partial charge in [0.25, 0.3) is 0 Å². The van der Waals surface area contributed by atoms with Gasteiger partial charge in [-0.15, -0.1) is 48.1 Å². The summed E-state index contributed by atoms with van der Waals surface area (Å²) in [6, 6.07) is 15.0. The van der Waals surface area contributed by atoms with Crippen molar-refractivity contribution in [3.63, 3.8) is 0 Å². The molecule has 1 aliphatic carbocycles. The summed E-state index contributed by atoms with van der Waals surface area (Å²) >= 11 is 0. The molecule has 3 aromatic rings. The van der Waals surface area contributed by atoms with Crippen molar-refractivity contribution in [2.24, 2.45) is 5.92 Å². The molecule has 0 spiro atoms. The molecule has 0 aromatic heterocycles. The van der Waals surface area contributed by atoms with Gasteiger partial charge in [-0.3, -0.25) is 0 Å². The number of fused-ring (bicyclic) bond motifs is 2. The van der Waals surface area contributed by atoms with Gasteiger partial charge in [-0.2, -0.15) is 11.8 Å². The van der Waals surface area contributed by atoms with Crippen molar-refractivity contribution in [3.8, 4) is 5.75 Å². The van der Waals surface area contributed by atoms with Gasteiger partial charge in [-0.1, -0.05) is 168 Å². The summed E-state index contributed by atoms with van der Waals surface area (Å²) in [7, 11) is 0. The SMILES string of the molecule is CC(C)(C)c1c[c-](C(C)(C)C)cc(NC2CCCC3CCC[N-]C32)c1=O.CC(C)(C)c1cc([N-]c2cccc3c2[N-]CC=C3)c(O)c(C(C)(C)C)c1.[Mn+2]. The number of hydrogen-bond donors (Lipinski definition) is 2. The Hall–Kier alpha value is -3.12. The molecule has 1 saturated heterocycles. The van der Waals surface area contributed by atoms with E-state index in [2.05, 4.69) is 118 Å². The van der Waals surface area contributed by atoms with Crippen LogP contribution >= 0.6 is 0 Å². The first-order chi connectivity index (χ1) is 24.1. The van der Waals surface area contributed by atoms with Crippen LogP contribution in [0.4, 0.5) is 22.7 Å². The first-order valence-corrected chi connectivity index (χ1v) is 19.5. The van der Waals surface area contributed by atoms with Crippen molar-refractivity contribution in [3.05, 3.63) is 103 Å². The molecule has 2 aliphatic heterocycles. The standard InChI is InChI=1S/C23H36N2O.C23H28N2O.Mn/c2*1-22(2,3)16-13-17(23(4,5)6)21(26)19(14-16)25-18-11-7-9-15-10-8-12-24-20(15)18;/h13-15,18,20,25H,7-12H2,1-6H3;7-11,13-14,26H,12H2,1-6H3;/q2*-2;+2. The number of aromatic hydroxyl groups is 1. The number of para-hydroxylation sites is 1. The molecule has 289 valence electrons. The molecule has 2 heterocycles. The Morgan fingerprint density at radius 1 is 0.830 bits per heavy atom. The molecule has 6 nitrogen and oxygen atoms in total. The third-order valence-electron chi connectivity index (χ3n) is 10.9. The Morgan fingerprint density at radius 3 is 2.15 bits per heavy atom. The average molecular weight is 760 g/mol. The van der Waals surface area contributed by atoms with Crippen LogP contribution in [0.3, 0.4) is 0 Å². The molecule has 2 fully saturated rings. The number of nitrogens with one attached hydrogen (secondary N) is 1. The van der Waals surface area contributed by atoms with Gasteiger partial charge in [0.05, 0.1) is 5.43 Å². The zero-order valence-electron chi connectivity index (χ0n) is 34.5. The van der Waals surface area contributed by atoms with Crippen molar-refractivity contribution >= 4 is 28.8 Å². The Morgan fingerprint density at radius 2 is 1.51 bits per heavy atom. The van der Waals surface area contributed by atoms with Gasteiger partial charge in [0.2, 0.25) is 0 Å². The van der Waals surface area contributed by atoms with Crippen LogP contribution in [0.1, 0.15) is 143 Å². The van der Waals surface area contributed by atoms with Crippen LogP contribution < -0.4 is 10.7 Å². The van der Waals surface area contributed by atoms with E-state index in [4.69, 9.17) is 10.6 Å². The van der Waals surface area contributed by atoms with Gasteiger partial charge in [0.15, 0.2) is 0 Å². The van der Waals surface area contributed by atoms with E-state index in [-0.39, 0.29) is 49.9 Å². The fraction of sp³-hybridized carbons (Fsp3) is 0.565. The second-order valence-electron chi connectivity index (χ2n) is 19.3. The predicted molar refractivity (Wildman–Crippen MR) is 223 cm³/mol. The molecule has 53 heavy (non-hydrogen) atoms. The van der Waals surface area contributed by atoms with E-state index < -0.39 is 0 Å². The molecule has 6 rings (SSSR count). The summed E-state index contributed by atoms with van der Waals surface area (Å²) in [5.74, 6) is 0.965. The molecule has 0 bridgehead atoms. The topological polar surface area (TPSA) is 91.6 Å². The Balaban J connectivity index is 0.000000232.